The van der Waals surface area contributed by atoms with Gasteiger partial charge in [-0.05, 0) is 30.4 Å². The van der Waals surface area contributed by atoms with Crippen LogP contribution in [0.5, 0.6) is 0 Å². The summed E-state index contributed by atoms with van der Waals surface area (Å²) in [5.74, 6) is -3.14. The first-order chi connectivity index (χ1) is 15.6. The first-order valence-corrected chi connectivity index (χ1v) is 11.7. The second-order valence-electron chi connectivity index (χ2n) is 7.32. The van der Waals surface area contributed by atoms with Crippen LogP contribution in [-0.4, -0.2) is 71.4 Å². The van der Waals surface area contributed by atoms with Gasteiger partial charge >= 0.3 is 5.97 Å². The zero-order valence-corrected chi connectivity index (χ0v) is 19.2. The fourth-order valence-electron chi connectivity index (χ4n) is 2.80. The Morgan fingerprint density at radius 2 is 1.67 bits per heavy atom. The number of hydrogen-bond acceptors (Lipinski definition) is 7. The lowest BCUT2D eigenvalue weighted by Gasteiger charge is -2.21. The largest absolute Gasteiger partial charge is 0.480 e. The molecule has 0 aliphatic heterocycles. The Kier molecular flexibility index (Phi) is 12.6. The van der Waals surface area contributed by atoms with E-state index in [9.17, 15) is 29.1 Å². The van der Waals surface area contributed by atoms with Crippen LogP contribution in [0.3, 0.4) is 0 Å². The highest BCUT2D eigenvalue weighted by atomic mass is 32.2. The van der Waals surface area contributed by atoms with Gasteiger partial charge in [0.05, 0.1) is 12.6 Å². The highest BCUT2D eigenvalue weighted by Crippen LogP contribution is 2.04. The Labute approximate surface area is 196 Å². The van der Waals surface area contributed by atoms with E-state index in [-0.39, 0.29) is 25.7 Å². The van der Waals surface area contributed by atoms with E-state index in [4.69, 9.17) is 11.5 Å². The lowest BCUT2D eigenvalue weighted by atomic mass is 10.1. The average Bonchev–Trinajstić information content (AvgIpc) is 2.78. The minimum Gasteiger partial charge on any atom is -0.480 e. The number of carboxylic acids is 1. The molecule has 182 valence electrons. The molecule has 0 radical (unpaired) electrons. The molecule has 0 heterocycles. The summed E-state index contributed by atoms with van der Waals surface area (Å²) in [5.41, 5.74) is 11.5. The van der Waals surface area contributed by atoms with Crippen LogP contribution in [0.15, 0.2) is 30.3 Å². The zero-order valence-electron chi connectivity index (χ0n) is 18.4. The van der Waals surface area contributed by atoms with E-state index in [0.29, 0.717) is 5.75 Å². The quantitative estimate of drug-likeness (QED) is 0.179. The Bertz CT molecular complexity index is 823. The molecule has 0 saturated carbocycles. The van der Waals surface area contributed by atoms with E-state index in [0.717, 1.165) is 5.56 Å². The van der Waals surface area contributed by atoms with Crippen molar-refractivity contribution in [3.63, 3.8) is 0 Å². The molecule has 3 unspecified atom stereocenters. The van der Waals surface area contributed by atoms with Crippen molar-refractivity contribution in [2.75, 3.05) is 18.6 Å². The van der Waals surface area contributed by atoms with Crippen LogP contribution < -0.4 is 27.4 Å². The van der Waals surface area contributed by atoms with Gasteiger partial charge in [0, 0.05) is 12.8 Å². The molecular formula is C21H31N5O6S. The first kappa shape index (κ1) is 27.9. The van der Waals surface area contributed by atoms with Crippen LogP contribution in [0.25, 0.3) is 0 Å². The van der Waals surface area contributed by atoms with Crippen molar-refractivity contribution in [1.29, 1.82) is 0 Å². The van der Waals surface area contributed by atoms with Crippen LogP contribution in [0.1, 0.15) is 24.8 Å². The maximum Gasteiger partial charge on any atom is 0.326 e. The number of thioether (sulfide) groups is 1. The number of hydrogen-bond donors (Lipinski definition) is 6. The van der Waals surface area contributed by atoms with E-state index >= 15 is 0 Å². The molecule has 4 amide bonds. The first-order valence-electron chi connectivity index (χ1n) is 10.3. The minimum atomic E-state index is -1.20. The third kappa shape index (κ3) is 11.3. The summed E-state index contributed by atoms with van der Waals surface area (Å²) in [5, 5.41) is 16.7. The molecule has 1 rings (SSSR count). The molecule has 0 spiro atoms. The van der Waals surface area contributed by atoms with Gasteiger partial charge in [-0.15, -0.1) is 0 Å². The number of aliphatic carboxylic acids is 1. The van der Waals surface area contributed by atoms with E-state index < -0.39 is 54.3 Å². The van der Waals surface area contributed by atoms with Gasteiger partial charge in [0.25, 0.3) is 0 Å². The molecule has 3 atom stereocenters. The van der Waals surface area contributed by atoms with Crippen molar-refractivity contribution in [2.45, 2.75) is 43.8 Å². The van der Waals surface area contributed by atoms with Crippen molar-refractivity contribution in [1.82, 2.24) is 16.0 Å². The monoisotopic (exact) mass is 481 g/mol. The molecule has 12 heteroatoms. The topological polar surface area (TPSA) is 194 Å². The lowest BCUT2D eigenvalue weighted by molar-refractivity contribution is -0.141. The van der Waals surface area contributed by atoms with Gasteiger partial charge in [-0.3, -0.25) is 19.2 Å². The van der Waals surface area contributed by atoms with E-state index in [1.165, 1.54) is 11.8 Å². The SMILES string of the molecule is CSCCC(NC(=O)C(N)CCC(N)=O)C(=O)NCC(=O)NC(Cc1ccccc1)C(=O)O. The summed E-state index contributed by atoms with van der Waals surface area (Å²) in [6, 6.07) is 5.69. The van der Waals surface area contributed by atoms with Crippen LogP contribution >= 0.6 is 11.8 Å². The number of nitrogens with one attached hydrogen (secondary N) is 3. The number of rotatable bonds is 15. The van der Waals surface area contributed by atoms with Gasteiger partial charge in [-0.2, -0.15) is 11.8 Å². The maximum absolute atomic E-state index is 12.5. The molecule has 0 aliphatic carbocycles. The summed E-state index contributed by atoms with van der Waals surface area (Å²) >= 11 is 1.47. The molecule has 1 aromatic carbocycles. The van der Waals surface area contributed by atoms with Gasteiger partial charge in [-0.25, -0.2) is 4.79 Å². The molecule has 0 saturated heterocycles. The number of carbonyl (C=O) groups excluding carboxylic acids is 4. The third-order valence-corrected chi connectivity index (χ3v) is 5.27. The molecule has 0 bridgehead atoms. The molecule has 1 aromatic rings. The fourth-order valence-corrected chi connectivity index (χ4v) is 3.27. The second kappa shape index (κ2) is 14.9. The number of benzene rings is 1. The van der Waals surface area contributed by atoms with Crippen molar-refractivity contribution in [2.24, 2.45) is 11.5 Å². The highest BCUT2D eigenvalue weighted by Gasteiger charge is 2.25. The van der Waals surface area contributed by atoms with Crippen LogP contribution in [0.4, 0.5) is 0 Å². The summed E-state index contributed by atoms with van der Waals surface area (Å²) in [6.07, 6.45) is 2.18. The smallest absolute Gasteiger partial charge is 0.326 e. The second-order valence-corrected chi connectivity index (χ2v) is 8.31. The van der Waals surface area contributed by atoms with Crippen molar-refractivity contribution in [3.8, 4) is 0 Å². The highest BCUT2D eigenvalue weighted by molar-refractivity contribution is 7.98. The Morgan fingerprint density at radius 3 is 2.24 bits per heavy atom. The number of primary amides is 1. The molecule has 0 fully saturated rings. The van der Waals surface area contributed by atoms with Crippen LogP contribution in [0, 0.1) is 0 Å². The normalized spacial score (nSPS) is 13.3. The summed E-state index contributed by atoms with van der Waals surface area (Å²) in [6.45, 7) is -0.462. The number of carbonyl (C=O) groups is 5. The molecule has 0 aromatic heterocycles. The van der Waals surface area contributed by atoms with Crippen LogP contribution in [0.2, 0.25) is 0 Å². The minimum absolute atomic E-state index is 0.0401. The predicted octanol–water partition coefficient (Wildman–Crippen LogP) is -1.25. The van der Waals surface area contributed by atoms with Gasteiger partial charge in [-0.1, -0.05) is 30.3 Å². The van der Waals surface area contributed by atoms with Gasteiger partial charge in [0.1, 0.15) is 12.1 Å². The van der Waals surface area contributed by atoms with Crippen molar-refractivity contribution >= 4 is 41.4 Å². The number of nitrogens with two attached hydrogens (primary N) is 2. The Morgan fingerprint density at radius 1 is 1.00 bits per heavy atom. The van der Waals surface area contributed by atoms with Crippen molar-refractivity contribution in [3.05, 3.63) is 35.9 Å². The lowest BCUT2D eigenvalue weighted by Crippen LogP contribution is -2.53. The van der Waals surface area contributed by atoms with Gasteiger partial charge in [0.15, 0.2) is 0 Å². The van der Waals surface area contributed by atoms with Gasteiger partial charge in [0.2, 0.25) is 23.6 Å². The zero-order chi connectivity index (χ0) is 24.8. The summed E-state index contributed by atoms with van der Waals surface area (Å²) in [7, 11) is 0. The average molecular weight is 482 g/mol. The van der Waals surface area contributed by atoms with E-state index in [2.05, 4.69) is 16.0 Å². The number of amides is 4. The van der Waals surface area contributed by atoms with Gasteiger partial charge < -0.3 is 32.5 Å². The fraction of sp³-hybridized carbons (Fsp3) is 0.476. The predicted molar refractivity (Wildman–Crippen MR) is 124 cm³/mol. The summed E-state index contributed by atoms with van der Waals surface area (Å²) < 4.78 is 0. The van der Waals surface area contributed by atoms with Crippen molar-refractivity contribution < 1.29 is 29.1 Å². The standard InChI is InChI=1S/C21H31N5O6S/c1-33-10-9-15(26-19(29)14(22)7-8-17(23)27)20(30)24-12-18(28)25-16(21(31)32)11-13-5-3-2-4-6-13/h2-6,14-16H,7-12,22H2,1H3,(H2,23,27)(H,24,30)(H,25,28)(H,26,29)(H,31,32). The maximum atomic E-state index is 12.5. The molecule has 11 nitrogen and oxygen atoms in total. The molecule has 33 heavy (non-hydrogen) atoms. The Balaban J connectivity index is 2.63. The third-order valence-electron chi connectivity index (χ3n) is 4.62. The Hall–Kier alpha value is -3.12. The number of carboxylic acid groups (broad SMARTS) is 1. The van der Waals surface area contributed by atoms with E-state index in [1.807, 2.05) is 6.26 Å². The molecular weight excluding hydrogens is 450 g/mol. The summed E-state index contributed by atoms with van der Waals surface area (Å²) in [4.78, 5) is 59.4. The van der Waals surface area contributed by atoms with Crippen LogP contribution in [-0.2, 0) is 30.4 Å². The van der Waals surface area contributed by atoms with E-state index in [1.54, 1.807) is 30.3 Å². The molecule has 8 N–H and O–H groups in total. The molecule has 0 aliphatic rings.